The van der Waals surface area contributed by atoms with Gasteiger partial charge >= 0.3 is 0 Å². The van der Waals surface area contributed by atoms with E-state index in [1.54, 1.807) is 31.5 Å². The van der Waals surface area contributed by atoms with Crippen molar-refractivity contribution in [1.82, 2.24) is 10.3 Å². The predicted molar refractivity (Wildman–Crippen MR) is 103 cm³/mol. The Labute approximate surface area is 157 Å². The first kappa shape index (κ1) is 18.4. The molecule has 0 saturated heterocycles. The lowest BCUT2D eigenvalue weighted by Crippen LogP contribution is -2.25. The fraction of sp³-hybridized carbons (Fsp3) is 0.143. The standard InChI is InChI=1S/C21H20FN3O2/c1-27-20-4-2-3-18(12-20)25-19-11-16(13-23-14-19)21(26)24-10-9-15-5-7-17(22)8-6-15/h2-8,11-14,25H,9-10H2,1H3,(H,24,26). The summed E-state index contributed by atoms with van der Waals surface area (Å²) in [7, 11) is 1.61. The van der Waals surface area contributed by atoms with Gasteiger partial charge in [0, 0.05) is 24.5 Å². The molecule has 1 amide bonds. The zero-order chi connectivity index (χ0) is 19.1. The smallest absolute Gasteiger partial charge is 0.252 e. The molecular formula is C21H20FN3O2. The highest BCUT2D eigenvalue weighted by Crippen LogP contribution is 2.21. The van der Waals surface area contributed by atoms with Crippen LogP contribution in [0.1, 0.15) is 15.9 Å². The van der Waals surface area contributed by atoms with Gasteiger partial charge in [0.25, 0.3) is 5.91 Å². The second kappa shape index (κ2) is 8.80. The third-order valence-electron chi connectivity index (χ3n) is 3.97. The second-order valence-electron chi connectivity index (χ2n) is 5.95. The molecule has 0 aliphatic carbocycles. The number of hydrogen-bond acceptors (Lipinski definition) is 4. The summed E-state index contributed by atoms with van der Waals surface area (Å²) in [5, 5.41) is 6.05. The lowest BCUT2D eigenvalue weighted by molar-refractivity contribution is 0.0954. The van der Waals surface area contributed by atoms with Crippen LogP contribution in [0.15, 0.2) is 67.0 Å². The fourth-order valence-corrected chi connectivity index (χ4v) is 2.57. The van der Waals surface area contributed by atoms with Crippen molar-refractivity contribution in [2.75, 3.05) is 19.0 Å². The molecular weight excluding hydrogens is 345 g/mol. The van der Waals surface area contributed by atoms with E-state index in [1.165, 1.54) is 18.3 Å². The Morgan fingerprint density at radius 3 is 2.67 bits per heavy atom. The molecule has 0 spiro atoms. The number of nitrogens with one attached hydrogen (secondary N) is 2. The van der Waals surface area contributed by atoms with E-state index in [2.05, 4.69) is 15.6 Å². The molecule has 1 aromatic heterocycles. The highest BCUT2D eigenvalue weighted by molar-refractivity contribution is 5.94. The molecule has 138 valence electrons. The molecule has 0 fully saturated rings. The van der Waals surface area contributed by atoms with Crippen molar-refractivity contribution in [1.29, 1.82) is 0 Å². The summed E-state index contributed by atoms with van der Waals surface area (Å²) in [4.78, 5) is 16.5. The minimum Gasteiger partial charge on any atom is -0.497 e. The number of pyridine rings is 1. The molecule has 0 atom stereocenters. The van der Waals surface area contributed by atoms with Gasteiger partial charge in [-0.25, -0.2) is 4.39 Å². The van der Waals surface area contributed by atoms with Gasteiger partial charge in [-0.05, 0) is 42.3 Å². The van der Waals surface area contributed by atoms with Crippen LogP contribution < -0.4 is 15.4 Å². The first-order valence-corrected chi connectivity index (χ1v) is 8.53. The average Bonchev–Trinajstić information content (AvgIpc) is 2.70. The number of ether oxygens (including phenoxy) is 1. The van der Waals surface area contributed by atoms with Gasteiger partial charge in [-0.3, -0.25) is 9.78 Å². The summed E-state index contributed by atoms with van der Waals surface area (Å²) in [5.74, 6) is 0.260. The fourth-order valence-electron chi connectivity index (χ4n) is 2.57. The summed E-state index contributed by atoms with van der Waals surface area (Å²) in [6.07, 6.45) is 3.79. The summed E-state index contributed by atoms with van der Waals surface area (Å²) in [6, 6.07) is 15.5. The van der Waals surface area contributed by atoms with Gasteiger partial charge in [0.2, 0.25) is 0 Å². The summed E-state index contributed by atoms with van der Waals surface area (Å²) < 4.78 is 18.1. The lowest BCUT2D eigenvalue weighted by atomic mass is 10.1. The Morgan fingerprint density at radius 1 is 1.07 bits per heavy atom. The average molecular weight is 365 g/mol. The maximum Gasteiger partial charge on any atom is 0.252 e. The van der Waals surface area contributed by atoms with Gasteiger partial charge in [-0.1, -0.05) is 18.2 Å². The zero-order valence-electron chi connectivity index (χ0n) is 14.9. The van der Waals surface area contributed by atoms with Crippen molar-refractivity contribution in [2.45, 2.75) is 6.42 Å². The molecule has 0 unspecified atom stereocenters. The number of anilines is 2. The van der Waals surface area contributed by atoms with Gasteiger partial charge in [0.05, 0.1) is 24.6 Å². The predicted octanol–water partition coefficient (Wildman–Crippen LogP) is 3.95. The van der Waals surface area contributed by atoms with Gasteiger partial charge in [0.15, 0.2) is 0 Å². The number of halogens is 1. The molecule has 5 nitrogen and oxygen atoms in total. The van der Waals surface area contributed by atoms with Crippen molar-refractivity contribution in [3.63, 3.8) is 0 Å². The highest BCUT2D eigenvalue weighted by Gasteiger charge is 2.07. The van der Waals surface area contributed by atoms with E-state index in [9.17, 15) is 9.18 Å². The van der Waals surface area contributed by atoms with E-state index in [4.69, 9.17) is 4.74 Å². The number of rotatable bonds is 7. The van der Waals surface area contributed by atoms with Gasteiger partial charge in [0.1, 0.15) is 11.6 Å². The SMILES string of the molecule is COc1cccc(Nc2cncc(C(=O)NCCc3ccc(F)cc3)c2)c1. The second-order valence-corrected chi connectivity index (χ2v) is 5.95. The first-order chi connectivity index (χ1) is 13.1. The van der Waals surface area contributed by atoms with Crippen LogP contribution in [-0.4, -0.2) is 24.5 Å². The van der Waals surface area contributed by atoms with Gasteiger partial charge in [-0.15, -0.1) is 0 Å². The maximum absolute atomic E-state index is 12.9. The van der Waals surface area contributed by atoms with Crippen LogP contribution in [0.4, 0.5) is 15.8 Å². The molecule has 0 bridgehead atoms. The van der Waals surface area contributed by atoms with E-state index in [0.717, 1.165) is 17.0 Å². The van der Waals surface area contributed by atoms with E-state index < -0.39 is 0 Å². The number of hydrogen-bond donors (Lipinski definition) is 2. The van der Waals surface area contributed by atoms with Crippen molar-refractivity contribution in [3.8, 4) is 5.75 Å². The zero-order valence-corrected chi connectivity index (χ0v) is 14.9. The minimum absolute atomic E-state index is 0.209. The molecule has 2 N–H and O–H groups in total. The van der Waals surface area contributed by atoms with Crippen LogP contribution in [0.3, 0.4) is 0 Å². The molecule has 3 rings (SSSR count). The number of aromatic nitrogens is 1. The van der Waals surface area contributed by atoms with Crippen LogP contribution >= 0.6 is 0 Å². The third-order valence-corrected chi connectivity index (χ3v) is 3.97. The molecule has 2 aromatic carbocycles. The van der Waals surface area contributed by atoms with E-state index in [1.807, 2.05) is 24.3 Å². The van der Waals surface area contributed by atoms with E-state index >= 15 is 0 Å². The topological polar surface area (TPSA) is 63.2 Å². The number of benzene rings is 2. The van der Waals surface area contributed by atoms with Crippen molar-refractivity contribution < 1.29 is 13.9 Å². The third kappa shape index (κ3) is 5.28. The Morgan fingerprint density at radius 2 is 1.89 bits per heavy atom. The summed E-state index contributed by atoms with van der Waals surface area (Å²) >= 11 is 0. The Bertz CT molecular complexity index is 913. The monoisotopic (exact) mass is 365 g/mol. The molecule has 0 aliphatic heterocycles. The van der Waals surface area contributed by atoms with E-state index in [-0.39, 0.29) is 11.7 Å². The Balaban J connectivity index is 1.58. The Hall–Kier alpha value is -3.41. The van der Waals surface area contributed by atoms with Crippen LogP contribution in [0.2, 0.25) is 0 Å². The summed E-state index contributed by atoms with van der Waals surface area (Å²) in [5.41, 5.74) is 2.96. The van der Waals surface area contributed by atoms with Crippen molar-refractivity contribution in [2.24, 2.45) is 0 Å². The first-order valence-electron chi connectivity index (χ1n) is 8.53. The van der Waals surface area contributed by atoms with Crippen LogP contribution in [-0.2, 0) is 6.42 Å². The number of carbonyl (C=O) groups excluding carboxylic acids is 1. The number of methoxy groups -OCH3 is 1. The highest BCUT2D eigenvalue weighted by atomic mass is 19.1. The van der Waals surface area contributed by atoms with Gasteiger partial charge < -0.3 is 15.4 Å². The summed E-state index contributed by atoms with van der Waals surface area (Å²) in [6.45, 7) is 0.456. The number of nitrogens with zero attached hydrogens (tertiary/aromatic N) is 1. The quantitative estimate of drug-likeness (QED) is 0.666. The molecule has 3 aromatic rings. The van der Waals surface area contributed by atoms with Crippen LogP contribution in [0, 0.1) is 5.82 Å². The molecule has 0 saturated carbocycles. The van der Waals surface area contributed by atoms with Crippen LogP contribution in [0.5, 0.6) is 5.75 Å². The molecule has 6 heteroatoms. The number of amides is 1. The van der Waals surface area contributed by atoms with Crippen LogP contribution in [0.25, 0.3) is 0 Å². The number of carbonyl (C=O) groups is 1. The largest absolute Gasteiger partial charge is 0.497 e. The molecule has 0 aliphatic rings. The van der Waals surface area contributed by atoms with Crippen molar-refractivity contribution in [3.05, 3.63) is 83.9 Å². The van der Waals surface area contributed by atoms with Gasteiger partial charge in [-0.2, -0.15) is 0 Å². The maximum atomic E-state index is 12.9. The van der Waals surface area contributed by atoms with E-state index in [0.29, 0.717) is 24.2 Å². The molecule has 1 heterocycles. The lowest BCUT2D eigenvalue weighted by Gasteiger charge is -2.10. The Kier molecular flexibility index (Phi) is 5.99. The molecule has 27 heavy (non-hydrogen) atoms. The normalized spacial score (nSPS) is 10.3. The minimum atomic E-state index is -0.269. The molecule has 0 radical (unpaired) electrons. The van der Waals surface area contributed by atoms with Crippen molar-refractivity contribution >= 4 is 17.3 Å².